The van der Waals surface area contributed by atoms with Crippen molar-refractivity contribution in [3.63, 3.8) is 0 Å². The standard InChI is InChI=1S/C14H14O3S/c15-14(16)10-5-3-7-17-13(10)11-8-18-12-6-2-1-4-9(11)12/h1-2,4,6,8,10,13H,3,5,7H2,(H,15,16). The third-order valence-corrected chi connectivity index (χ3v) is 4.44. The SMILES string of the molecule is O=C(O)C1CCCOC1c1csc2ccccc12. The molecular weight excluding hydrogens is 248 g/mol. The number of hydrogen-bond donors (Lipinski definition) is 1. The fraction of sp³-hybridized carbons (Fsp3) is 0.357. The summed E-state index contributed by atoms with van der Waals surface area (Å²) in [6, 6.07) is 8.08. The molecule has 2 unspecified atom stereocenters. The fourth-order valence-corrected chi connectivity index (χ4v) is 3.54. The summed E-state index contributed by atoms with van der Waals surface area (Å²) >= 11 is 1.65. The molecule has 1 aliphatic rings. The van der Waals surface area contributed by atoms with Crippen molar-refractivity contribution >= 4 is 27.4 Å². The highest BCUT2D eigenvalue weighted by Crippen LogP contribution is 2.39. The Kier molecular flexibility index (Phi) is 3.06. The molecule has 0 bridgehead atoms. The highest BCUT2D eigenvalue weighted by Gasteiger charge is 2.34. The number of rotatable bonds is 2. The van der Waals surface area contributed by atoms with Crippen molar-refractivity contribution in [2.45, 2.75) is 18.9 Å². The molecule has 1 aromatic carbocycles. The first-order valence-corrected chi connectivity index (χ1v) is 6.96. The number of fused-ring (bicyclic) bond motifs is 1. The van der Waals surface area contributed by atoms with E-state index >= 15 is 0 Å². The van der Waals surface area contributed by atoms with Crippen molar-refractivity contribution in [2.24, 2.45) is 5.92 Å². The summed E-state index contributed by atoms with van der Waals surface area (Å²) < 4.78 is 6.92. The molecule has 0 spiro atoms. The zero-order valence-corrected chi connectivity index (χ0v) is 10.7. The summed E-state index contributed by atoms with van der Waals surface area (Å²) in [4.78, 5) is 11.3. The summed E-state index contributed by atoms with van der Waals surface area (Å²) in [6.07, 6.45) is 1.23. The molecule has 0 radical (unpaired) electrons. The molecule has 4 heteroatoms. The van der Waals surface area contributed by atoms with E-state index in [-0.39, 0.29) is 6.10 Å². The molecule has 0 saturated carbocycles. The first kappa shape index (κ1) is 11.7. The van der Waals surface area contributed by atoms with Gasteiger partial charge >= 0.3 is 5.97 Å². The van der Waals surface area contributed by atoms with Crippen molar-refractivity contribution in [3.05, 3.63) is 35.2 Å². The first-order chi connectivity index (χ1) is 8.77. The van der Waals surface area contributed by atoms with Gasteiger partial charge in [0.2, 0.25) is 0 Å². The molecule has 1 aliphatic heterocycles. The monoisotopic (exact) mass is 262 g/mol. The van der Waals surface area contributed by atoms with Gasteiger partial charge in [-0.1, -0.05) is 18.2 Å². The van der Waals surface area contributed by atoms with Gasteiger partial charge in [0.05, 0.1) is 12.0 Å². The van der Waals surface area contributed by atoms with Crippen molar-refractivity contribution in [1.82, 2.24) is 0 Å². The Morgan fingerprint density at radius 3 is 3.06 bits per heavy atom. The molecule has 1 N–H and O–H groups in total. The van der Waals surface area contributed by atoms with Gasteiger partial charge in [-0.05, 0) is 29.7 Å². The molecule has 3 nitrogen and oxygen atoms in total. The highest BCUT2D eigenvalue weighted by molar-refractivity contribution is 7.17. The van der Waals surface area contributed by atoms with Crippen LogP contribution >= 0.6 is 11.3 Å². The lowest BCUT2D eigenvalue weighted by molar-refractivity contribution is -0.151. The summed E-state index contributed by atoms with van der Waals surface area (Å²) in [6.45, 7) is 0.651. The molecular formula is C14H14O3S. The van der Waals surface area contributed by atoms with E-state index in [2.05, 4.69) is 6.07 Å². The van der Waals surface area contributed by atoms with Crippen LogP contribution in [0.1, 0.15) is 24.5 Å². The molecule has 2 heterocycles. The van der Waals surface area contributed by atoms with Gasteiger partial charge in [0.25, 0.3) is 0 Å². The van der Waals surface area contributed by atoms with Crippen LogP contribution in [0.3, 0.4) is 0 Å². The molecule has 18 heavy (non-hydrogen) atoms. The van der Waals surface area contributed by atoms with Crippen molar-refractivity contribution in [1.29, 1.82) is 0 Å². The third kappa shape index (κ3) is 1.91. The van der Waals surface area contributed by atoms with E-state index in [1.165, 1.54) is 4.70 Å². The topological polar surface area (TPSA) is 46.5 Å². The van der Waals surface area contributed by atoms with Crippen LogP contribution in [-0.2, 0) is 9.53 Å². The lowest BCUT2D eigenvalue weighted by Crippen LogP contribution is -2.28. The van der Waals surface area contributed by atoms with Crippen LogP contribution in [0, 0.1) is 5.92 Å². The van der Waals surface area contributed by atoms with Gasteiger partial charge in [0, 0.05) is 16.9 Å². The summed E-state index contributed by atoms with van der Waals surface area (Å²) in [7, 11) is 0. The molecule has 0 aliphatic carbocycles. The predicted octanol–water partition coefficient (Wildman–Crippen LogP) is 3.45. The van der Waals surface area contributed by atoms with Crippen molar-refractivity contribution < 1.29 is 14.6 Å². The Balaban J connectivity index is 2.04. The minimum absolute atomic E-state index is 0.299. The Hall–Kier alpha value is -1.39. The van der Waals surface area contributed by atoms with Gasteiger partial charge in [0.15, 0.2) is 0 Å². The van der Waals surface area contributed by atoms with Crippen LogP contribution in [0.4, 0.5) is 0 Å². The second-order valence-electron chi connectivity index (χ2n) is 4.57. The van der Waals surface area contributed by atoms with Gasteiger partial charge in [-0.25, -0.2) is 0 Å². The van der Waals surface area contributed by atoms with Crippen LogP contribution < -0.4 is 0 Å². The Bertz CT molecular complexity index is 575. The highest BCUT2D eigenvalue weighted by atomic mass is 32.1. The van der Waals surface area contributed by atoms with E-state index < -0.39 is 11.9 Å². The van der Waals surface area contributed by atoms with E-state index in [0.717, 1.165) is 17.4 Å². The van der Waals surface area contributed by atoms with Gasteiger partial charge in [0.1, 0.15) is 0 Å². The zero-order chi connectivity index (χ0) is 12.5. The molecule has 1 fully saturated rings. The second kappa shape index (κ2) is 4.71. The van der Waals surface area contributed by atoms with Crippen LogP contribution in [0.15, 0.2) is 29.6 Å². The maximum atomic E-state index is 11.3. The van der Waals surface area contributed by atoms with E-state index in [4.69, 9.17) is 4.74 Å². The number of carboxylic acid groups (broad SMARTS) is 1. The molecule has 1 aromatic heterocycles. The van der Waals surface area contributed by atoms with E-state index in [9.17, 15) is 9.90 Å². The molecule has 2 aromatic rings. The first-order valence-electron chi connectivity index (χ1n) is 6.08. The summed E-state index contributed by atoms with van der Waals surface area (Å²) in [5.41, 5.74) is 1.03. The number of carbonyl (C=O) groups is 1. The van der Waals surface area contributed by atoms with Crippen LogP contribution in [0.5, 0.6) is 0 Å². The molecule has 3 rings (SSSR count). The molecule has 2 atom stereocenters. The maximum Gasteiger partial charge on any atom is 0.309 e. The minimum atomic E-state index is -0.755. The smallest absolute Gasteiger partial charge is 0.309 e. The summed E-state index contributed by atoms with van der Waals surface area (Å²) in [5, 5.41) is 12.5. The van der Waals surface area contributed by atoms with E-state index in [1.54, 1.807) is 11.3 Å². The average molecular weight is 262 g/mol. The van der Waals surface area contributed by atoms with E-state index in [0.29, 0.717) is 13.0 Å². The lowest BCUT2D eigenvalue weighted by atomic mass is 9.89. The van der Waals surface area contributed by atoms with E-state index in [1.807, 2.05) is 23.6 Å². The minimum Gasteiger partial charge on any atom is -0.481 e. The molecule has 0 amide bonds. The summed E-state index contributed by atoms with van der Waals surface area (Å²) in [5.74, 6) is -1.17. The van der Waals surface area contributed by atoms with Gasteiger partial charge < -0.3 is 9.84 Å². The van der Waals surface area contributed by atoms with Crippen molar-refractivity contribution in [3.8, 4) is 0 Å². The normalized spacial score (nSPS) is 24.2. The van der Waals surface area contributed by atoms with Gasteiger partial charge in [-0.2, -0.15) is 0 Å². The number of thiophene rings is 1. The van der Waals surface area contributed by atoms with Gasteiger partial charge in [-0.15, -0.1) is 11.3 Å². The fourth-order valence-electron chi connectivity index (χ4n) is 2.56. The number of carboxylic acids is 1. The largest absolute Gasteiger partial charge is 0.481 e. The zero-order valence-electron chi connectivity index (χ0n) is 9.83. The maximum absolute atomic E-state index is 11.3. The Morgan fingerprint density at radius 1 is 1.39 bits per heavy atom. The Labute approximate surface area is 109 Å². The van der Waals surface area contributed by atoms with Crippen LogP contribution in [0.2, 0.25) is 0 Å². The third-order valence-electron chi connectivity index (χ3n) is 3.46. The number of hydrogen-bond acceptors (Lipinski definition) is 3. The quantitative estimate of drug-likeness (QED) is 0.901. The lowest BCUT2D eigenvalue weighted by Gasteiger charge is -2.28. The number of benzene rings is 1. The molecule has 94 valence electrons. The number of ether oxygens (including phenoxy) is 1. The second-order valence-corrected chi connectivity index (χ2v) is 5.48. The van der Waals surface area contributed by atoms with Crippen LogP contribution in [0.25, 0.3) is 10.1 Å². The van der Waals surface area contributed by atoms with Crippen LogP contribution in [-0.4, -0.2) is 17.7 Å². The molecule has 1 saturated heterocycles. The number of aliphatic carboxylic acids is 1. The Morgan fingerprint density at radius 2 is 2.22 bits per heavy atom. The average Bonchev–Trinajstić information content (AvgIpc) is 2.82. The van der Waals surface area contributed by atoms with Gasteiger partial charge in [-0.3, -0.25) is 4.79 Å². The predicted molar refractivity (Wildman–Crippen MR) is 70.9 cm³/mol. The van der Waals surface area contributed by atoms with Crippen molar-refractivity contribution in [2.75, 3.05) is 6.61 Å².